The van der Waals surface area contributed by atoms with Gasteiger partial charge in [-0.2, -0.15) is 5.10 Å². The van der Waals surface area contributed by atoms with E-state index in [1.54, 1.807) is 12.1 Å². The van der Waals surface area contributed by atoms with Gasteiger partial charge in [0.25, 0.3) is 0 Å². The molecular formula is C20H24FN5. The number of rotatable bonds is 4. The van der Waals surface area contributed by atoms with Crippen LogP contribution in [0.1, 0.15) is 30.6 Å². The van der Waals surface area contributed by atoms with Gasteiger partial charge in [-0.25, -0.2) is 4.39 Å². The van der Waals surface area contributed by atoms with E-state index in [-0.39, 0.29) is 17.9 Å². The molecule has 2 unspecified atom stereocenters. The van der Waals surface area contributed by atoms with Crippen LogP contribution >= 0.6 is 0 Å². The smallest absolute Gasteiger partial charge is 0.131 e. The molecule has 0 spiro atoms. The number of nitrogens with two attached hydrogens (primary N) is 2. The first-order valence-electron chi connectivity index (χ1n) is 9.12. The molecule has 1 aromatic heterocycles. The van der Waals surface area contributed by atoms with E-state index in [1.165, 1.54) is 6.07 Å². The molecule has 6 heteroatoms. The maximum absolute atomic E-state index is 14.2. The van der Waals surface area contributed by atoms with Crippen LogP contribution in [-0.4, -0.2) is 29.4 Å². The van der Waals surface area contributed by atoms with Crippen molar-refractivity contribution in [1.82, 2.24) is 15.1 Å². The zero-order valence-corrected chi connectivity index (χ0v) is 14.7. The molecule has 5 N–H and O–H groups in total. The lowest BCUT2D eigenvalue weighted by Gasteiger charge is -2.26. The third-order valence-electron chi connectivity index (χ3n) is 5.14. The lowest BCUT2D eigenvalue weighted by molar-refractivity contribution is 0.336. The number of hydrogen-bond donors (Lipinski definition) is 3. The summed E-state index contributed by atoms with van der Waals surface area (Å²) >= 11 is 0. The molecule has 2 heterocycles. The van der Waals surface area contributed by atoms with Gasteiger partial charge in [0.2, 0.25) is 0 Å². The Morgan fingerprint density at radius 2 is 2.12 bits per heavy atom. The molecule has 1 aliphatic heterocycles. The summed E-state index contributed by atoms with van der Waals surface area (Å²) in [5.41, 5.74) is 15.4. The Morgan fingerprint density at radius 3 is 2.85 bits per heavy atom. The van der Waals surface area contributed by atoms with Gasteiger partial charge in [0.15, 0.2) is 0 Å². The standard InChI is InChI=1S/C20H24FN5/c21-17-6-2-1-5-15(17)13-7-8-19-16(10-13)20(18(23)11-22)26(25-19)14-4-3-9-24-12-14/h1-2,5-8,10,14,18,24H,3-4,9,11-12,22-23H2. The summed E-state index contributed by atoms with van der Waals surface area (Å²) in [6.07, 6.45) is 2.17. The van der Waals surface area contributed by atoms with E-state index in [9.17, 15) is 4.39 Å². The number of nitrogens with one attached hydrogen (secondary N) is 1. The molecule has 4 rings (SSSR count). The average molecular weight is 353 g/mol. The highest BCUT2D eigenvalue weighted by Crippen LogP contribution is 2.32. The van der Waals surface area contributed by atoms with Crippen molar-refractivity contribution in [3.05, 3.63) is 54.0 Å². The van der Waals surface area contributed by atoms with E-state index in [1.807, 2.05) is 28.9 Å². The van der Waals surface area contributed by atoms with Crippen LogP contribution in [0.15, 0.2) is 42.5 Å². The second kappa shape index (κ2) is 7.15. The number of benzene rings is 2. The van der Waals surface area contributed by atoms with E-state index in [4.69, 9.17) is 16.6 Å². The van der Waals surface area contributed by atoms with Gasteiger partial charge in [-0.15, -0.1) is 0 Å². The van der Waals surface area contributed by atoms with Crippen LogP contribution in [0.25, 0.3) is 22.0 Å². The quantitative estimate of drug-likeness (QED) is 0.674. The molecule has 0 amide bonds. The van der Waals surface area contributed by atoms with E-state index >= 15 is 0 Å². The number of halogens is 1. The molecule has 0 aliphatic carbocycles. The van der Waals surface area contributed by atoms with Crippen molar-refractivity contribution in [2.75, 3.05) is 19.6 Å². The minimum absolute atomic E-state index is 0.236. The van der Waals surface area contributed by atoms with Crippen molar-refractivity contribution >= 4 is 10.9 Å². The van der Waals surface area contributed by atoms with Crippen LogP contribution < -0.4 is 16.8 Å². The van der Waals surface area contributed by atoms with Crippen LogP contribution in [0.4, 0.5) is 4.39 Å². The molecule has 0 saturated carbocycles. The van der Waals surface area contributed by atoms with Crippen molar-refractivity contribution in [1.29, 1.82) is 0 Å². The third-order valence-corrected chi connectivity index (χ3v) is 5.14. The van der Waals surface area contributed by atoms with Crippen molar-refractivity contribution in [3.63, 3.8) is 0 Å². The average Bonchev–Trinajstić information content (AvgIpc) is 3.07. The number of nitrogens with zero attached hydrogens (tertiary/aromatic N) is 2. The van der Waals surface area contributed by atoms with E-state index in [2.05, 4.69) is 5.32 Å². The Labute approximate surface area is 152 Å². The summed E-state index contributed by atoms with van der Waals surface area (Å²) in [6, 6.07) is 12.6. The second-order valence-electron chi connectivity index (χ2n) is 6.88. The lowest BCUT2D eigenvalue weighted by atomic mass is 10.0. The van der Waals surface area contributed by atoms with Gasteiger partial charge in [-0.1, -0.05) is 24.3 Å². The van der Waals surface area contributed by atoms with Crippen molar-refractivity contribution < 1.29 is 4.39 Å². The first kappa shape index (κ1) is 17.1. The lowest BCUT2D eigenvalue weighted by Crippen LogP contribution is -2.34. The van der Waals surface area contributed by atoms with Gasteiger partial charge in [0.1, 0.15) is 5.82 Å². The van der Waals surface area contributed by atoms with Gasteiger partial charge in [0, 0.05) is 24.0 Å². The molecule has 1 aliphatic rings. The fraction of sp³-hybridized carbons (Fsp3) is 0.350. The van der Waals surface area contributed by atoms with Crippen LogP contribution in [0.5, 0.6) is 0 Å². The maximum atomic E-state index is 14.2. The SMILES string of the molecule is NCC(N)c1c2cc(-c3ccccc3F)ccc2nn1C1CCCNC1. The monoisotopic (exact) mass is 353 g/mol. The van der Waals surface area contributed by atoms with E-state index in [0.29, 0.717) is 12.1 Å². The van der Waals surface area contributed by atoms with Gasteiger partial charge in [-0.05, 0) is 43.1 Å². The molecule has 5 nitrogen and oxygen atoms in total. The minimum Gasteiger partial charge on any atom is -0.329 e. The van der Waals surface area contributed by atoms with Gasteiger partial charge in [0.05, 0.1) is 23.3 Å². The van der Waals surface area contributed by atoms with Gasteiger partial charge < -0.3 is 16.8 Å². The number of aromatic nitrogens is 2. The molecule has 0 bridgehead atoms. The molecular weight excluding hydrogens is 329 g/mol. The molecule has 1 fully saturated rings. The van der Waals surface area contributed by atoms with Gasteiger partial charge >= 0.3 is 0 Å². The topological polar surface area (TPSA) is 81.9 Å². The fourth-order valence-corrected chi connectivity index (χ4v) is 3.79. The van der Waals surface area contributed by atoms with Crippen molar-refractivity contribution in [2.45, 2.75) is 24.9 Å². The zero-order chi connectivity index (χ0) is 18.1. The first-order valence-corrected chi connectivity index (χ1v) is 9.12. The summed E-state index contributed by atoms with van der Waals surface area (Å²) in [5, 5.41) is 9.19. The second-order valence-corrected chi connectivity index (χ2v) is 6.88. The van der Waals surface area contributed by atoms with Crippen molar-refractivity contribution in [2.24, 2.45) is 11.5 Å². The summed E-state index contributed by atoms with van der Waals surface area (Å²) in [5.74, 6) is -0.236. The Hall–Kier alpha value is -2.28. The molecule has 1 saturated heterocycles. The molecule has 2 atom stereocenters. The maximum Gasteiger partial charge on any atom is 0.131 e. The van der Waals surface area contributed by atoms with Crippen LogP contribution in [0.3, 0.4) is 0 Å². The summed E-state index contributed by atoms with van der Waals surface area (Å²) in [4.78, 5) is 0. The fourth-order valence-electron chi connectivity index (χ4n) is 3.79. The first-order chi connectivity index (χ1) is 12.7. The zero-order valence-electron chi connectivity index (χ0n) is 14.7. The highest BCUT2D eigenvalue weighted by Gasteiger charge is 2.24. The van der Waals surface area contributed by atoms with Crippen LogP contribution in [0.2, 0.25) is 0 Å². The van der Waals surface area contributed by atoms with E-state index < -0.39 is 0 Å². The normalized spacial score (nSPS) is 19.0. The summed E-state index contributed by atoms with van der Waals surface area (Å²) in [7, 11) is 0. The van der Waals surface area contributed by atoms with Gasteiger partial charge in [-0.3, -0.25) is 4.68 Å². The van der Waals surface area contributed by atoms with Crippen LogP contribution in [-0.2, 0) is 0 Å². The Kier molecular flexibility index (Phi) is 4.72. The number of piperidine rings is 1. The largest absolute Gasteiger partial charge is 0.329 e. The highest BCUT2D eigenvalue weighted by atomic mass is 19.1. The highest BCUT2D eigenvalue weighted by molar-refractivity contribution is 5.87. The third kappa shape index (κ3) is 3.00. The Bertz CT molecular complexity index is 914. The minimum atomic E-state index is -0.308. The predicted molar refractivity (Wildman–Crippen MR) is 102 cm³/mol. The molecule has 2 aromatic carbocycles. The molecule has 0 radical (unpaired) electrons. The van der Waals surface area contributed by atoms with Crippen molar-refractivity contribution in [3.8, 4) is 11.1 Å². The molecule has 26 heavy (non-hydrogen) atoms. The van der Waals surface area contributed by atoms with Crippen LogP contribution in [0, 0.1) is 5.82 Å². The Balaban J connectivity index is 1.87. The molecule has 3 aromatic rings. The Morgan fingerprint density at radius 1 is 1.27 bits per heavy atom. The number of hydrogen-bond acceptors (Lipinski definition) is 4. The summed E-state index contributed by atoms with van der Waals surface area (Å²) < 4.78 is 16.3. The van der Waals surface area contributed by atoms with E-state index in [0.717, 1.165) is 48.1 Å². The number of fused-ring (bicyclic) bond motifs is 1. The molecule has 136 valence electrons. The summed E-state index contributed by atoms with van der Waals surface area (Å²) in [6.45, 7) is 2.25. The predicted octanol–water partition coefficient (Wildman–Crippen LogP) is 2.73.